The molecule has 3 nitrogen and oxygen atoms in total. The molecule has 0 unspecified atom stereocenters. The minimum atomic E-state index is -0.291. The fraction of sp³-hybridized carbons (Fsp3) is 0.188. The molecule has 2 aromatic carbocycles. The lowest BCUT2D eigenvalue weighted by Crippen LogP contribution is -2.30. The predicted octanol–water partition coefficient (Wildman–Crippen LogP) is 2.54. The molecule has 4 heteroatoms. The Hall–Kier alpha value is -2.36. The number of hydrogen-bond donors (Lipinski definition) is 1. The van der Waals surface area contributed by atoms with Crippen LogP contribution in [0.5, 0.6) is 0 Å². The molecule has 0 spiro atoms. The monoisotopic (exact) mass is 270 g/mol. The van der Waals surface area contributed by atoms with Gasteiger partial charge in [-0.25, -0.2) is 4.39 Å². The molecule has 1 heterocycles. The maximum Gasteiger partial charge on any atom is 0.231 e. The smallest absolute Gasteiger partial charge is 0.231 e. The molecule has 0 saturated heterocycles. The molecular weight excluding hydrogens is 255 g/mol. The number of nitrogen functional groups attached to an aromatic ring is 1. The summed E-state index contributed by atoms with van der Waals surface area (Å²) >= 11 is 0. The molecule has 0 aromatic heterocycles. The number of fused-ring (bicyclic) bond motifs is 1. The molecule has 0 fully saturated rings. The number of halogens is 1. The Balaban J connectivity index is 1.80. The number of anilines is 2. The highest BCUT2D eigenvalue weighted by atomic mass is 19.1. The van der Waals surface area contributed by atoms with Crippen molar-refractivity contribution in [1.29, 1.82) is 0 Å². The first-order valence-electron chi connectivity index (χ1n) is 6.57. The summed E-state index contributed by atoms with van der Waals surface area (Å²) < 4.78 is 12.9. The van der Waals surface area contributed by atoms with Crippen LogP contribution in [-0.2, 0) is 17.6 Å². The van der Waals surface area contributed by atoms with E-state index >= 15 is 0 Å². The number of rotatable bonds is 2. The molecule has 0 atom stereocenters. The maximum atomic E-state index is 12.9. The summed E-state index contributed by atoms with van der Waals surface area (Å²) in [6, 6.07) is 11.7. The lowest BCUT2D eigenvalue weighted by molar-refractivity contribution is -0.117. The summed E-state index contributed by atoms with van der Waals surface area (Å²) in [7, 11) is 0. The highest BCUT2D eigenvalue weighted by Crippen LogP contribution is 2.32. The van der Waals surface area contributed by atoms with E-state index in [0.29, 0.717) is 6.54 Å². The van der Waals surface area contributed by atoms with Gasteiger partial charge in [-0.1, -0.05) is 18.2 Å². The molecule has 20 heavy (non-hydrogen) atoms. The first kappa shape index (κ1) is 12.7. The Labute approximate surface area is 116 Å². The van der Waals surface area contributed by atoms with E-state index in [2.05, 4.69) is 0 Å². The number of hydrogen-bond acceptors (Lipinski definition) is 2. The SMILES string of the molecule is Nc1cccc2c1CCN2C(=O)Cc1ccc(F)cc1. The quantitative estimate of drug-likeness (QED) is 0.852. The molecule has 0 bridgehead atoms. The number of carbonyl (C=O) groups excluding carboxylic acids is 1. The van der Waals surface area contributed by atoms with Crippen LogP contribution >= 0.6 is 0 Å². The zero-order valence-electron chi connectivity index (χ0n) is 11.0. The summed E-state index contributed by atoms with van der Waals surface area (Å²) in [5.74, 6) is -0.276. The summed E-state index contributed by atoms with van der Waals surface area (Å²) in [5.41, 5.74) is 9.41. The highest BCUT2D eigenvalue weighted by Gasteiger charge is 2.25. The molecule has 0 saturated carbocycles. The topological polar surface area (TPSA) is 46.3 Å². The Kier molecular flexibility index (Phi) is 3.14. The maximum absolute atomic E-state index is 12.9. The van der Waals surface area contributed by atoms with Crippen LogP contribution in [0.15, 0.2) is 42.5 Å². The van der Waals surface area contributed by atoms with Crippen LogP contribution in [0.25, 0.3) is 0 Å². The molecule has 1 amide bonds. The van der Waals surface area contributed by atoms with E-state index in [4.69, 9.17) is 5.73 Å². The van der Waals surface area contributed by atoms with Gasteiger partial charge in [0.1, 0.15) is 5.82 Å². The fourth-order valence-electron chi connectivity index (χ4n) is 2.59. The van der Waals surface area contributed by atoms with Gasteiger partial charge in [0.05, 0.1) is 6.42 Å². The highest BCUT2D eigenvalue weighted by molar-refractivity contribution is 5.97. The van der Waals surface area contributed by atoms with E-state index in [0.717, 1.165) is 28.9 Å². The molecule has 1 aliphatic rings. The zero-order chi connectivity index (χ0) is 14.1. The molecule has 102 valence electrons. The van der Waals surface area contributed by atoms with Gasteiger partial charge in [-0.05, 0) is 36.2 Å². The van der Waals surface area contributed by atoms with Crippen LogP contribution in [-0.4, -0.2) is 12.5 Å². The summed E-state index contributed by atoms with van der Waals surface area (Å²) in [5, 5.41) is 0. The van der Waals surface area contributed by atoms with E-state index in [1.165, 1.54) is 12.1 Å². The Morgan fingerprint density at radius 1 is 1.20 bits per heavy atom. The largest absolute Gasteiger partial charge is 0.398 e. The standard InChI is InChI=1S/C16H15FN2O/c17-12-6-4-11(5-7-12)10-16(20)19-9-8-13-14(18)2-1-3-15(13)19/h1-7H,8-10,18H2. The van der Waals surface area contributed by atoms with E-state index < -0.39 is 0 Å². The molecular formula is C16H15FN2O. The molecule has 2 aromatic rings. The van der Waals surface area contributed by atoms with Crippen molar-refractivity contribution in [3.63, 3.8) is 0 Å². The van der Waals surface area contributed by atoms with E-state index in [-0.39, 0.29) is 18.1 Å². The van der Waals surface area contributed by atoms with E-state index in [1.54, 1.807) is 17.0 Å². The number of nitrogens with zero attached hydrogens (tertiary/aromatic N) is 1. The Morgan fingerprint density at radius 3 is 2.70 bits per heavy atom. The number of benzene rings is 2. The van der Waals surface area contributed by atoms with Gasteiger partial charge in [-0.2, -0.15) is 0 Å². The summed E-state index contributed by atoms with van der Waals surface area (Å²) in [4.78, 5) is 14.1. The van der Waals surface area contributed by atoms with Gasteiger partial charge >= 0.3 is 0 Å². The number of carbonyl (C=O) groups is 1. The summed E-state index contributed by atoms with van der Waals surface area (Å²) in [6.07, 6.45) is 1.06. The van der Waals surface area contributed by atoms with Crippen LogP contribution < -0.4 is 10.6 Å². The molecule has 2 N–H and O–H groups in total. The van der Waals surface area contributed by atoms with Gasteiger partial charge in [-0.15, -0.1) is 0 Å². The van der Waals surface area contributed by atoms with Gasteiger partial charge < -0.3 is 10.6 Å². The third-order valence-corrected chi connectivity index (χ3v) is 3.63. The number of amides is 1. The van der Waals surface area contributed by atoms with Crippen LogP contribution in [0.4, 0.5) is 15.8 Å². The molecule has 0 aliphatic carbocycles. The van der Waals surface area contributed by atoms with Crippen molar-refractivity contribution < 1.29 is 9.18 Å². The van der Waals surface area contributed by atoms with Crippen molar-refractivity contribution >= 4 is 17.3 Å². The third-order valence-electron chi connectivity index (χ3n) is 3.63. The van der Waals surface area contributed by atoms with Gasteiger partial charge in [0.2, 0.25) is 5.91 Å². The van der Waals surface area contributed by atoms with Gasteiger partial charge in [0, 0.05) is 23.5 Å². The van der Waals surface area contributed by atoms with Crippen molar-refractivity contribution in [1.82, 2.24) is 0 Å². The first-order valence-corrected chi connectivity index (χ1v) is 6.57. The minimum absolute atomic E-state index is 0.0148. The van der Waals surface area contributed by atoms with Crippen molar-refractivity contribution in [3.8, 4) is 0 Å². The second-order valence-electron chi connectivity index (χ2n) is 4.94. The van der Waals surface area contributed by atoms with Crippen molar-refractivity contribution in [3.05, 3.63) is 59.4 Å². The van der Waals surface area contributed by atoms with Gasteiger partial charge in [0.15, 0.2) is 0 Å². The second kappa shape index (κ2) is 4.96. The van der Waals surface area contributed by atoms with Gasteiger partial charge in [-0.3, -0.25) is 4.79 Å². The Bertz CT molecular complexity index is 652. The van der Waals surface area contributed by atoms with Crippen molar-refractivity contribution in [2.45, 2.75) is 12.8 Å². The van der Waals surface area contributed by atoms with Crippen LogP contribution in [0, 0.1) is 5.82 Å². The van der Waals surface area contributed by atoms with Crippen molar-refractivity contribution in [2.24, 2.45) is 0 Å². The van der Waals surface area contributed by atoms with E-state index in [9.17, 15) is 9.18 Å². The van der Waals surface area contributed by atoms with Crippen LogP contribution in [0.1, 0.15) is 11.1 Å². The predicted molar refractivity (Wildman–Crippen MR) is 77.0 cm³/mol. The van der Waals surface area contributed by atoms with Gasteiger partial charge in [0.25, 0.3) is 0 Å². The van der Waals surface area contributed by atoms with Crippen molar-refractivity contribution in [2.75, 3.05) is 17.2 Å². The molecule has 3 rings (SSSR count). The lowest BCUT2D eigenvalue weighted by atomic mass is 10.1. The van der Waals surface area contributed by atoms with Crippen LogP contribution in [0.3, 0.4) is 0 Å². The normalized spacial score (nSPS) is 13.3. The van der Waals surface area contributed by atoms with Crippen LogP contribution in [0.2, 0.25) is 0 Å². The third kappa shape index (κ3) is 2.25. The van der Waals surface area contributed by atoms with E-state index in [1.807, 2.05) is 18.2 Å². The fourth-order valence-corrected chi connectivity index (χ4v) is 2.59. The Morgan fingerprint density at radius 2 is 1.95 bits per heavy atom. The molecule has 0 radical (unpaired) electrons. The average molecular weight is 270 g/mol. The second-order valence-corrected chi connectivity index (χ2v) is 4.94. The lowest BCUT2D eigenvalue weighted by Gasteiger charge is -2.17. The first-order chi connectivity index (χ1) is 9.65. The minimum Gasteiger partial charge on any atom is -0.398 e. The average Bonchev–Trinajstić information content (AvgIpc) is 2.87. The number of nitrogens with two attached hydrogens (primary N) is 1. The zero-order valence-corrected chi connectivity index (χ0v) is 11.0. The molecule has 1 aliphatic heterocycles. The summed E-state index contributed by atoms with van der Waals surface area (Å²) in [6.45, 7) is 0.656.